The van der Waals surface area contributed by atoms with Crippen molar-refractivity contribution in [2.75, 3.05) is 5.32 Å². The molecule has 2 aromatic carbocycles. The number of aryl methyl sites for hydroxylation is 2. The van der Waals surface area contributed by atoms with E-state index in [1.54, 1.807) is 0 Å². The molecule has 0 unspecified atom stereocenters. The number of pyridine rings is 1. The largest absolute Gasteiger partial charge is 0.342 e. The van der Waals surface area contributed by atoms with Crippen LogP contribution in [-0.4, -0.2) is 21.0 Å². The van der Waals surface area contributed by atoms with Crippen LogP contribution in [0.15, 0.2) is 53.3 Å². The summed E-state index contributed by atoms with van der Waals surface area (Å²) in [7, 11) is 0. The fourth-order valence-corrected chi connectivity index (χ4v) is 4.66. The Bertz CT molecular complexity index is 1100. The molecule has 4 nitrogen and oxygen atoms in total. The molecule has 0 spiro atoms. The molecular formula is C25H29N3OS. The van der Waals surface area contributed by atoms with Gasteiger partial charge in [-0.15, -0.1) is 0 Å². The predicted molar refractivity (Wildman–Crippen MR) is 129 cm³/mol. The van der Waals surface area contributed by atoms with Crippen molar-refractivity contribution in [3.63, 3.8) is 0 Å². The molecule has 0 radical (unpaired) electrons. The van der Waals surface area contributed by atoms with Gasteiger partial charge in [0.1, 0.15) is 0 Å². The lowest BCUT2D eigenvalue weighted by atomic mass is 10.1. The molecule has 30 heavy (non-hydrogen) atoms. The molecule has 1 heterocycles. The highest BCUT2D eigenvalue weighted by atomic mass is 32.1. The van der Waals surface area contributed by atoms with Crippen LogP contribution in [0.25, 0.3) is 10.9 Å². The van der Waals surface area contributed by atoms with Gasteiger partial charge < -0.3 is 15.2 Å². The Balaban J connectivity index is 1.61. The number of aromatic amines is 1. The minimum absolute atomic E-state index is 0.0325. The van der Waals surface area contributed by atoms with E-state index in [0.29, 0.717) is 17.7 Å². The van der Waals surface area contributed by atoms with E-state index in [1.807, 2.05) is 31.2 Å². The molecule has 1 aliphatic carbocycles. The van der Waals surface area contributed by atoms with Crippen molar-refractivity contribution < 1.29 is 0 Å². The van der Waals surface area contributed by atoms with E-state index < -0.39 is 0 Å². The van der Waals surface area contributed by atoms with Crippen molar-refractivity contribution >= 4 is 33.9 Å². The third kappa shape index (κ3) is 4.41. The van der Waals surface area contributed by atoms with Gasteiger partial charge in [-0.3, -0.25) is 4.79 Å². The van der Waals surface area contributed by atoms with Gasteiger partial charge in [0.05, 0.1) is 12.1 Å². The lowest BCUT2D eigenvalue weighted by Crippen LogP contribution is -2.42. The third-order valence-electron chi connectivity index (χ3n) is 6.15. The van der Waals surface area contributed by atoms with Gasteiger partial charge in [-0.1, -0.05) is 50.1 Å². The standard InChI is InChI=1S/C25H29N3OS/c1-3-18-11-13-21(14-12-18)26-25(30)28(22-9-4-5-10-22)16-20-15-19-8-6-7-17(2)23(19)27-24(20)29/h6-8,11-15,22H,3-5,9-10,16H2,1-2H3,(H,26,30)(H,27,29). The van der Waals surface area contributed by atoms with Gasteiger partial charge in [0.25, 0.3) is 5.56 Å². The molecule has 1 aromatic heterocycles. The molecule has 1 fully saturated rings. The van der Waals surface area contributed by atoms with E-state index >= 15 is 0 Å². The second kappa shape index (κ2) is 9.00. The maximum absolute atomic E-state index is 12.8. The summed E-state index contributed by atoms with van der Waals surface area (Å²) in [4.78, 5) is 18.1. The van der Waals surface area contributed by atoms with Crippen LogP contribution in [0.1, 0.15) is 49.3 Å². The molecule has 0 bridgehead atoms. The van der Waals surface area contributed by atoms with Crippen molar-refractivity contribution in [2.24, 2.45) is 0 Å². The van der Waals surface area contributed by atoms with Gasteiger partial charge in [0.2, 0.25) is 0 Å². The molecule has 0 saturated heterocycles. The first kappa shape index (κ1) is 20.6. The van der Waals surface area contributed by atoms with Crippen LogP contribution >= 0.6 is 12.2 Å². The smallest absolute Gasteiger partial charge is 0.253 e. The summed E-state index contributed by atoms with van der Waals surface area (Å²) in [6.45, 7) is 4.69. The number of nitrogens with one attached hydrogen (secondary N) is 2. The molecule has 1 aliphatic rings. The molecule has 1 saturated carbocycles. The Morgan fingerprint density at radius 3 is 2.60 bits per heavy atom. The van der Waals surface area contributed by atoms with Crippen molar-refractivity contribution in [3.05, 3.63) is 75.6 Å². The van der Waals surface area contributed by atoms with Gasteiger partial charge in [-0.2, -0.15) is 0 Å². The van der Waals surface area contributed by atoms with Crippen LogP contribution < -0.4 is 10.9 Å². The van der Waals surface area contributed by atoms with Gasteiger partial charge in [0, 0.05) is 17.3 Å². The van der Waals surface area contributed by atoms with E-state index in [-0.39, 0.29) is 5.56 Å². The second-order valence-electron chi connectivity index (χ2n) is 8.21. The molecule has 0 atom stereocenters. The van der Waals surface area contributed by atoms with Crippen LogP contribution in [-0.2, 0) is 13.0 Å². The van der Waals surface area contributed by atoms with Gasteiger partial charge >= 0.3 is 0 Å². The van der Waals surface area contributed by atoms with Crippen molar-refractivity contribution in [3.8, 4) is 0 Å². The van der Waals surface area contributed by atoms with Crippen LogP contribution in [0, 0.1) is 6.92 Å². The number of fused-ring (bicyclic) bond motifs is 1. The van der Waals surface area contributed by atoms with E-state index in [4.69, 9.17) is 12.2 Å². The zero-order chi connectivity index (χ0) is 21.1. The molecule has 5 heteroatoms. The van der Waals surface area contributed by atoms with Gasteiger partial charge in [0.15, 0.2) is 5.11 Å². The Hall–Kier alpha value is -2.66. The number of anilines is 1. The van der Waals surface area contributed by atoms with Crippen LogP contribution in [0.4, 0.5) is 5.69 Å². The number of aromatic nitrogens is 1. The number of rotatable bonds is 5. The molecule has 2 N–H and O–H groups in total. The Labute approximate surface area is 183 Å². The summed E-state index contributed by atoms with van der Waals surface area (Å²) in [5, 5.41) is 5.15. The fraction of sp³-hybridized carbons (Fsp3) is 0.360. The number of para-hydroxylation sites is 1. The van der Waals surface area contributed by atoms with Crippen molar-refractivity contribution in [1.82, 2.24) is 9.88 Å². The predicted octanol–water partition coefficient (Wildman–Crippen LogP) is 5.54. The average molecular weight is 420 g/mol. The molecular weight excluding hydrogens is 390 g/mol. The van der Waals surface area contributed by atoms with E-state index in [9.17, 15) is 4.79 Å². The fourth-order valence-electron chi connectivity index (χ4n) is 4.33. The lowest BCUT2D eigenvalue weighted by molar-refractivity contribution is 0.311. The molecule has 3 aromatic rings. The molecule has 4 rings (SSSR count). The average Bonchev–Trinajstić information content (AvgIpc) is 3.28. The highest BCUT2D eigenvalue weighted by Gasteiger charge is 2.25. The SMILES string of the molecule is CCc1ccc(NC(=S)N(Cc2cc3cccc(C)c3[nH]c2=O)C2CCCC2)cc1. The summed E-state index contributed by atoms with van der Waals surface area (Å²) in [6, 6.07) is 16.9. The van der Waals surface area contributed by atoms with Crippen LogP contribution in [0.5, 0.6) is 0 Å². The molecule has 156 valence electrons. The van der Waals surface area contributed by atoms with E-state index in [0.717, 1.165) is 47.0 Å². The van der Waals surface area contributed by atoms with E-state index in [1.165, 1.54) is 18.4 Å². The van der Waals surface area contributed by atoms with Gasteiger partial charge in [-0.25, -0.2) is 0 Å². The third-order valence-corrected chi connectivity index (χ3v) is 6.48. The minimum Gasteiger partial charge on any atom is -0.342 e. The quantitative estimate of drug-likeness (QED) is 0.533. The summed E-state index contributed by atoms with van der Waals surface area (Å²) < 4.78 is 0. The first-order chi connectivity index (χ1) is 14.5. The van der Waals surface area contributed by atoms with Crippen molar-refractivity contribution in [1.29, 1.82) is 0 Å². The number of nitrogens with zero attached hydrogens (tertiary/aromatic N) is 1. The highest BCUT2D eigenvalue weighted by Crippen LogP contribution is 2.26. The first-order valence-electron chi connectivity index (χ1n) is 10.8. The zero-order valence-electron chi connectivity index (χ0n) is 17.7. The molecule has 0 aliphatic heterocycles. The summed E-state index contributed by atoms with van der Waals surface area (Å²) in [6.07, 6.45) is 5.66. The number of thiocarbonyl (C=S) groups is 1. The number of benzene rings is 2. The van der Waals surface area contributed by atoms with Gasteiger partial charge in [-0.05, 0) is 73.1 Å². The minimum atomic E-state index is -0.0325. The second-order valence-corrected chi connectivity index (χ2v) is 8.60. The summed E-state index contributed by atoms with van der Waals surface area (Å²) >= 11 is 5.82. The lowest BCUT2D eigenvalue weighted by Gasteiger charge is -2.31. The first-order valence-corrected chi connectivity index (χ1v) is 11.2. The van der Waals surface area contributed by atoms with Crippen LogP contribution in [0.3, 0.4) is 0 Å². The monoisotopic (exact) mass is 419 g/mol. The molecule has 0 amide bonds. The number of H-pyrrole nitrogens is 1. The zero-order valence-corrected chi connectivity index (χ0v) is 18.5. The summed E-state index contributed by atoms with van der Waals surface area (Å²) in [5.41, 5.74) is 5.01. The number of hydrogen-bond acceptors (Lipinski definition) is 2. The maximum Gasteiger partial charge on any atom is 0.253 e. The Morgan fingerprint density at radius 1 is 1.17 bits per heavy atom. The highest BCUT2D eigenvalue weighted by molar-refractivity contribution is 7.80. The number of hydrogen-bond donors (Lipinski definition) is 2. The van der Waals surface area contributed by atoms with Crippen LogP contribution in [0.2, 0.25) is 0 Å². The van der Waals surface area contributed by atoms with Crippen molar-refractivity contribution in [2.45, 2.75) is 58.5 Å². The Morgan fingerprint density at radius 2 is 1.90 bits per heavy atom. The van der Waals surface area contributed by atoms with E-state index in [2.05, 4.69) is 46.4 Å². The summed E-state index contributed by atoms with van der Waals surface area (Å²) in [5.74, 6) is 0. The topological polar surface area (TPSA) is 48.1 Å². The normalized spacial score (nSPS) is 14.2. The Kier molecular flexibility index (Phi) is 6.18. The maximum atomic E-state index is 12.8.